The van der Waals surface area contributed by atoms with E-state index in [-0.39, 0.29) is 23.9 Å². The largest absolute Gasteiger partial charge is 0.349 e. The summed E-state index contributed by atoms with van der Waals surface area (Å²) in [6.07, 6.45) is 10.4. The number of amides is 2. The molecular formula is C21H33N5O2. The minimum absolute atomic E-state index is 0.0218. The molecule has 0 spiro atoms. The van der Waals surface area contributed by atoms with Gasteiger partial charge < -0.3 is 10.2 Å². The molecule has 7 heteroatoms. The lowest BCUT2D eigenvalue weighted by Gasteiger charge is -2.36. The highest BCUT2D eigenvalue weighted by Crippen LogP contribution is 2.31. The molecule has 1 atom stereocenters. The van der Waals surface area contributed by atoms with Crippen molar-refractivity contribution in [3.8, 4) is 0 Å². The number of hydrogen-bond acceptors (Lipinski definition) is 5. The second-order valence-corrected chi connectivity index (χ2v) is 8.29. The van der Waals surface area contributed by atoms with Crippen molar-refractivity contribution in [1.29, 1.82) is 0 Å². The SMILES string of the molecule is Cc1ncc(C(=O)NC2CCCCC2)c([C@H]2CCCCN2CC(=O)N(C)C)n1. The molecule has 2 fully saturated rings. The smallest absolute Gasteiger partial charge is 0.254 e. The average Bonchev–Trinajstić information content (AvgIpc) is 2.69. The molecule has 0 radical (unpaired) electrons. The van der Waals surface area contributed by atoms with Crippen molar-refractivity contribution in [2.75, 3.05) is 27.2 Å². The third-order valence-electron chi connectivity index (χ3n) is 5.89. The first-order chi connectivity index (χ1) is 13.5. The van der Waals surface area contributed by atoms with Gasteiger partial charge in [0.2, 0.25) is 5.91 Å². The molecule has 1 aliphatic carbocycles. The number of nitrogens with zero attached hydrogens (tertiary/aromatic N) is 4. The Balaban J connectivity index is 1.83. The van der Waals surface area contributed by atoms with Crippen LogP contribution in [0.25, 0.3) is 0 Å². The maximum Gasteiger partial charge on any atom is 0.254 e. The highest BCUT2D eigenvalue weighted by molar-refractivity contribution is 5.95. The summed E-state index contributed by atoms with van der Waals surface area (Å²) in [5.41, 5.74) is 1.33. The normalized spacial score (nSPS) is 21.3. The molecule has 3 rings (SSSR count). The van der Waals surface area contributed by atoms with Crippen molar-refractivity contribution in [3.63, 3.8) is 0 Å². The van der Waals surface area contributed by atoms with Gasteiger partial charge in [0, 0.05) is 26.3 Å². The second-order valence-electron chi connectivity index (χ2n) is 8.29. The molecule has 7 nitrogen and oxygen atoms in total. The van der Waals surface area contributed by atoms with Crippen LogP contribution in [0.15, 0.2) is 6.20 Å². The number of carbonyl (C=O) groups is 2. The average molecular weight is 388 g/mol. The van der Waals surface area contributed by atoms with Crippen LogP contribution in [-0.2, 0) is 4.79 Å². The van der Waals surface area contributed by atoms with Crippen LogP contribution in [0, 0.1) is 6.92 Å². The summed E-state index contributed by atoms with van der Waals surface area (Å²) in [6.45, 7) is 3.05. The van der Waals surface area contributed by atoms with Gasteiger partial charge in [0.25, 0.3) is 5.91 Å². The zero-order valence-corrected chi connectivity index (χ0v) is 17.4. The van der Waals surface area contributed by atoms with E-state index in [1.807, 2.05) is 6.92 Å². The molecule has 0 aromatic carbocycles. The summed E-state index contributed by atoms with van der Waals surface area (Å²) in [4.78, 5) is 38.1. The Labute approximate surface area is 167 Å². The first-order valence-electron chi connectivity index (χ1n) is 10.5. The number of carbonyl (C=O) groups excluding carboxylic acids is 2. The molecule has 154 valence electrons. The van der Waals surface area contributed by atoms with Crippen LogP contribution in [0.4, 0.5) is 0 Å². The lowest BCUT2D eigenvalue weighted by molar-refractivity contribution is -0.130. The summed E-state index contributed by atoms with van der Waals surface area (Å²) in [6, 6.07) is 0.222. The zero-order valence-electron chi connectivity index (χ0n) is 17.4. The second kappa shape index (κ2) is 9.45. The number of rotatable bonds is 5. The molecule has 2 aliphatic rings. The van der Waals surface area contributed by atoms with Crippen molar-refractivity contribution in [2.24, 2.45) is 0 Å². The van der Waals surface area contributed by atoms with Gasteiger partial charge in [-0.3, -0.25) is 14.5 Å². The number of piperidine rings is 1. The molecule has 1 aliphatic heterocycles. The zero-order chi connectivity index (χ0) is 20.1. The first kappa shape index (κ1) is 20.7. The molecule has 1 aromatic rings. The van der Waals surface area contributed by atoms with Crippen molar-refractivity contribution < 1.29 is 9.59 Å². The predicted molar refractivity (Wildman–Crippen MR) is 108 cm³/mol. The van der Waals surface area contributed by atoms with E-state index in [0.717, 1.165) is 44.3 Å². The van der Waals surface area contributed by atoms with Crippen LogP contribution >= 0.6 is 0 Å². The number of aryl methyl sites for hydroxylation is 1. The quantitative estimate of drug-likeness (QED) is 0.840. The van der Waals surface area contributed by atoms with Gasteiger partial charge in [0.1, 0.15) is 5.82 Å². The van der Waals surface area contributed by atoms with E-state index >= 15 is 0 Å². The molecule has 2 heterocycles. The van der Waals surface area contributed by atoms with Crippen molar-refractivity contribution in [1.82, 2.24) is 25.1 Å². The molecule has 0 bridgehead atoms. The fourth-order valence-electron chi connectivity index (χ4n) is 4.23. The fourth-order valence-corrected chi connectivity index (χ4v) is 4.23. The molecule has 1 N–H and O–H groups in total. The molecule has 0 unspecified atom stereocenters. The van der Waals surface area contributed by atoms with E-state index in [0.29, 0.717) is 17.9 Å². The highest BCUT2D eigenvalue weighted by atomic mass is 16.2. The van der Waals surface area contributed by atoms with Crippen LogP contribution in [-0.4, -0.2) is 64.8 Å². The minimum Gasteiger partial charge on any atom is -0.349 e. The van der Waals surface area contributed by atoms with E-state index in [4.69, 9.17) is 0 Å². The van der Waals surface area contributed by atoms with Crippen molar-refractivity contribution in [2.45, 2.75) is 70.4 Å². The van der Waals surface area contributed by atoms with E-state index in [2.05, 4.69) is 20.2 Å². The summed E-state index contributed by atoms with van der Waals surface area (Å²) in [7, 11) is 3.55. The van der Waals surface area contributed by atoms with Crippen LogP contribution in [0.3, 0.4) is 0 Å². The Bertz CT molecular complexity index is 700. The Morgan fingerprint density at radius 2 is 1.86 bits per heavy atom. The van der Waals surface area contributed by atoms with Gasteiger partial charge in [-0.1, -0.05) is 25.7 Å². The van der Waals surface area contributed by atoms with Gasteiger partial charge in [-0.25, -0.2) is 9.97 Å². The maximum absolute atomic E-state index is 13.0. The monoisotopic (exact) mass is 387 g/mol. The van der Waals surface area contributed by atoms with Crippen molar-refractivity contribution >= 4 is 11.8 Å². The van der Waals surface area contributed by atoms with Crippen LogP contribution in [0.2, 0.25) is 0 Å². The van der Waals surface area contributed by atoms with Crippen LogP contribution in [0.1, 0.15) is 79.3 Å². The third kappa shape index (κ3) is 5.07. The third-order valence-corrected chi connectivity index (χ3v) is 5.89. The van der Waals surface area contributed by atoms with Gasteiger partial charge >= 0.3 is 0 Å². The summed E-state index contributed by atoms with van der Waals surface area (Å²) in [5, 5.41) is 3.20. The first-order valence-corrected chi connectivity index (χ1v) is 10.5. The minimum atomic E-state index is -0.0774. The van der Waals surface area contributed by atoms with E-state index in [1.54, 1.807) is 25.2 Å². The Hall–Kier alpha value is -2.02. The van der Waals surface area contributed by atoms with E-state index in [9.17, 15) is 9.59 Å². The molecule has 1 saturated carbocycles. The predicted octanol–water partition coefficient (Wildman–Crippen LogP) is 2.46. The van der Waals surface area contributed by atoms with Gasteiger partial charge in [0.05, 0.1) is 23.8 Å². The van der Waals surface area contributed by atoms with Gasteiger partial charge in [-0.05, 0) is 39.2 Å². The molecule has 28 heavy (non-hydrogen) atoms. The fraction of sp³-hybridized carbons (Fsp3) is 0.714. The molecule has 1 saturated heterocycles. The summed E-state index contributed by atoms with van der Waals surface area (Å²) in [5.74, 6) is 0.658. The van der Waals surface area contributed by atoms with Gasteiger partial charge in [-0.2, -0.15) is 0 Å². The number of likely N-dealkylation sites (N-methyl/N-ethyl adjacent to an activating group) is 1. The topological polar surface area (TPSA) is 78.4 Å². The molecule has 2 amide bonds. The number of likely N-dealkylation sites (tertiary alicyclic amines) is 1. The van der Waals surface area contributed by atoms with Crippen molar-refractivity contribution in [3.05, 3.63) is 23.3 Å². The summed E-state index contributed by atoms with van der Waals surface area (Å²) >= 11 is 0. The van der Waals surface area contributed by atoms with Crippen LogP contribution < -0.4 is 5.32 Å². The van der Waals surface area contributed by atoms with E-state index < -0.39 is 0 Å². The number of hydrogen-bond donors (Lipinski definition) is 1. The number of aromatic nitrogens is 2. The van der Waals surface area contributed by atoms with E-state index in [1.165, 1.54) is 19.3 Å². The Morgan fingerprint density at radius 3 is 2.57 bits per heavy atom. The van der Waals surface area contributed by atoms with Gasteiger partial charge in [0.15, 0.2) is 0 Å². The van der Waals surface area contributed by atoms with Gasteiger partial charge in [-0.15, -0.1) is 0 Å². The Morgan fingerprint density at radius 1 is 1.14 bits per heavy atom. The summed E-state index contributed by atoms with van der Waals surface area (Å²) < 4.78 is 0. The van der Waals surface area contributed by atoms with Crippen LogP contribution in [0.5, 0.6) is 0 Å². The number of nitrogens with one attached hydrogen (secondary N) is 1. The standard InChI is InChI=1S/C21H33N5O2/c1-15-22-13-17(21(28)24-16-9-5-4-6-10-16)20(23-15)18-11-7-8-12-26(18)14-19(27)25(2)3/h13,16,18H,4-12,14H2,1-3H3,(H,24,28)/t18-/m1/s1. The lowest BCUT2D eigenvalue weighted by Crippen LogP contribution is -2.43. The molecule has 1 aromatic heterocycles. The maximum atomic E-state index is 13.0. The Kier molecular flexibility index (Phi) is 6.99. The highest BCUT2D eigenvalue weighted by Gasteiger charge is 2.31. The lowest BCUT2D eigenvalue weighted by atomic mass is 9.94. The molecular weight excluding hydrogens is 354 g/mol.